The molecule has 4 rings (SSSR count). The highest BCUT2D eigenvalue weighted by molar-refractivity contribution is 7.89. The zero-order chi connectivity index (χ0) is 22.6. The second kappa shape index (κ2) is 10.1. The third-order valence-electron chi connectivity index (χ3n) is 6.09. The summed E-state index contributed by atoms with van der Waals surface area (Å²) in [5, 5.41) is 4.75. The van der Waals surface area contributed by atoms with E-state index >= 15 is 0 Å². The Morgan fingerprint density at radius 1 is 1.03 bits per heavy atom. The second-order valence-corrected chi connectivity index (χ2v) is 11.2. The quantitative estimate of drug-likeness (QED) is 0.696. The first kappa shape index (κ1) is 22.9. The van der Waals surface area contributed by atoms with Gasteiger partial charge in [-0.2, -0.15) is 4.31 Å². The maximum atomic E-state index is 13.1. The van der Waals surface area contributed by atoms with Crippen molar-refractivity contribution in [2.45, 2.75) is 50.0 Å². The molecule has 0 saturated carbocycles. The molecule has 2 aromatic rings. The molecule has 1 fully saturated rings. The molecule has 1 aromatic heterocycles. The van der Waals surface area contributed by atoms with Crippen molar-refractivity contribution in [3.63, 3.8) is 0 Å². The Balaban J connectivity index is 1.36. The number of sulfonamides is 1. The van der Waals surface area contributed by atoms with E-state index in [1.54, 1.807) is 23.5 Å². The summed E-state index contributed by atoms with van der Waals surface area (Å²) in [6.45, 7) is 2.60. The fourth-order valence-electron chi connectivity index (χ4n) is 4.24. The Labute approximate surface area is 193 Å². The number of hydrogen-bond acceptors (Lipinski definition) is 5. The van der Waals surface area contributed by atoms with Crippen LogP contribution in [0.4, 0.5) is 0 Å². The maximum Gasteiger partial charge on any atom is 0.251 e. The Hall–Kier alpha value is -2.23. The first-order valence-corrected chi connectivity index (χ1v) is 13.5. The normalized spacial score (nSPS) is 17.4. The predicted molar refractivity (Wildman–Crippen MR) is 124 cm³/mol. The van der Waals surface area contributed by atoms with Crippen LogP contribution in [0.5, 0.6) is 0 Å². The van der Waals surface area contributed by atoms with E-state index in [-0.39, 0.29) is 35.2 Å². The Morgan fingerprint density at radius 2 is 1.81 bits per heavy atom. The number of nitrogens with zero attached hydrogens (tertiary/aromatic N) is 2. The van der Waals surface area contributed by atoms with Crippen molar-refractivity contribution in [1.82, 2.24) is 14.5 Å². The van der Waals surface area contributed by atoms with E-state index in [2.05, 4.69) is 5.32 Å². The van der Waals surface area contributed by atoms with Gasteiger partial charge in [0.25, 0.3) is 5.91 Å². The molecule has 9 heteroatoms. The van der Waals surface area contributed by atoms with Crippen molar-refractivity contribution >= 4 is 33.2 Å². The lowest BCUT2D eigenvalue weighted by atomic mass is 10.1. The lowest BCUT2D eigenvalue weighted by Gasteiger charge is -2.26. The smallest absolute Gasteiger partial charge is 0.251 e. The van der Waals surface area contributed by atoms with Crippen molar-refractivity contribution in [3.8, 4) is 0 Å². The molecule has 2 amide bonds. The van der Waals surface area contributed by atoms with Crippen LogP contribution in [-0.2, 0) is 27.8 Å². The number of amides is 2. The summed E-state index contributed by atoms with van der Waals surface area (Å²) in [4.78, 5) is 28.2. The van der Waals surface area contributed by atoms with Gasteiger partial charge in [0, 0.05) is 49.6 Å². The summed E-state index contributed by atoms with van der Waals surface area (Å²) in [5.74, 6) is -0.314. The first-order valence-electron chi connectivity index (χ1n) is 11.2. The molecular formula is C23H29N3O4S2. The summed E-state index contributed by atoms with van der Waals surface area (Å²) >= 11 is 1.66. The summed E-state index contributed by atoms with van der Waals surface area (Å²) in [6.07, 6.45) is 5.34. The average Bonchev–Trinajstić information content (AvgIpc) is 3.10. The van der Waals surface area contributed by atoms with Crippen LogP contribution in [0.1, 0.15) is 52.9 Å². The van der Waals surface area contributed by atoms with E-state index in [0.29, 0.717) is 19.5 Å². The minimum atomic E-state index is -3.69. The molecule has 1 aromatic carbocycles. The molecule has 0 atom stereocenters. The largest absolute Gasteiger partial charge is 0.352 e. The van der Waals surface area contributed by atoms with Gasteiger partial charge in [-0.3, -0.25) is 9.59 Å². The van der Waals surface area contributed by atoms with Crippen molar-refractivity contribution in [3.05, 3.63) is 51.7 Å². The molecule has 2 aliphatic rings. The molecule has 2 aliphatic heterocycles. The standard InChI is InChI=1S/C23H29N3O4S2/c27-22(25-12-3-1-2-4-13-25)8-11-24-23(28)18-6-5-7-20(16-18)32(29,30)26-14-9-21-19(17-26)10-15-31-21/h5-7,10,15-16H,1-4,8-9,11-14,17H2,(H,24,28). The van der Waals surface area contributed by atoms with Gasteiger partial charge in [0.2, 0.25) is 15.9 Å². The van der Waals surface area contributed by atoms with Gasteiger partial charge in [0.15, 0.2) is 0 Å². The summed E-state index contributed by atoms with van der Waals surface area (Å²) in [7, 11) is -3.69. The lowest BCUT2D eigenvalue weighted by molar-refractivity contribution is -0.131. The highest BCUT2D eigenvalue weighted by atomic mass is 32.2. The molecule has 0 spiro atoms. The van der Waals surface area contributed by atoms with Crippen LogP contribution in [0, 0.1) is 0 Å². The Morgan fingerprint density at radius 3 is 2.59 bits per heavy atom. The van der Waals surface area contributed by atoms with Crippen LogP contribution in [0.3, 0.4) is 0 Å². The molecule has 0 bridgehead atoms. The van der Waals surface area contributed by atoms with Crippen molar-refractivity contribution in [2.75, 3.05) is 26.2 Å². The van der Waals surface area contributed by atoms with Gasteiger partial charge >= 0.3 is 0 Å². The van der Waals surface area contributed by atoms with Crippen molar-refractivity contribution < 1.29 is 18.0 Å². The van der Waals surface area contributed by atoms with E-state index in [0.717, 1.165) is 44.3 Å². The average molecular weight is 476 g/mol. The second-order valence-electron chi connectivity index (χ2n) is 8.29. The van der Waals surface area contributed by atoms with Crippen LogP contribution < -0.4 is 5.32 Å². The van der Waals surface area contributed by atoms with E-state index in [1.165, 1.54) is 21.3 Å². The fraction of sp³-hybridized carbons (Fsp3) is 0.478. The van der Waals surface area contributed by atoms with Crippen LogP contribution in [0.2, 0.25) is 0 Å². The van der Waals surface area contributed by atoms with Gasteiger partial charge in [0.1, 0.15) is 0 Å². The first-order chi connectivity index (χ1) is 15.4. The lowest BCUT2D eigenvalue weighted by Crippen LogP contribution is -2.36. The van der Waals surface area contributed by atoms with E-state index in [9.17, 15) is 18.0 Å². The highest BCUT2D eigenvalue weighted by Crippen LogP contribution is 2.28. The van der Waals surface area contributed by atoms with E-state index in [4.69, 9.17) is 0 Å². The van der Waals surface area contributed by atoms with Gasteiger partial charge in [-0.15, -0.1) is 11.3 Å². The third kappa shape index (κ3) is 5.22. The third-order valence-corrected chi connectivity index (χ3v) is 8.95. The van der Waals surface area contributed by atoms with Crippen LogP contribution in [0.15, 0.2) is 40.6 Å². The molecular weight excluding hydrogens is 446 g/mol. The fourth-order valence-corrected chi connectivity index (χ4v) is 6.59. The van der Waals surface area contributed by atoms with Crippen molar-refractivity contribution in [1.29, 1.82) is 0 Å². The number of rotatable bonds is 6. The monoisotopic (exact) mass is 475 g/mol. The topological polar surface area (TPSA) is 86.8 Å². The molecule has 1 N–H and O–H groups in total. The summed E-state index contributed by atoms with van der Waals surface area (Å²) < 4.78 is 27.8. The molecule has 7 nitrogen and oxygen atoms in total. The van der Waals surface area contributed by atoms with Crippen LogP contribution in [-0.4, -0.2) is 55.6 Å². The molecule has 172 valence electrons. The molecule has 1 saturated heterocycles. The number of fused-ring (bicyclic) bond motifs is 1. The van der Waals surface area contributed by atoms with Crippen molar-refractivity contribution in [2.24, 2.45) is 0 Å². The van der Waals surface area contributed by atoms with Gasteiger partial charge < -0.3 is 10.2 Å². The highest BCUT2D eigenvalue weighted by Gasteiger charge is 2.29. The Bertz CT molecular complexity index is 1070. The Kier molecular flexibility index (Phi) is 7.27. The maximum absolute atomic E-state index is 13.1. The number of hydrogen-bond donors (Lipinski definition) is 1. The van der Waals surface area contributed by atoms with Gasteiger partial charge in [-0.1, -0.05) is 18.9 Å². The zero-order valence-electron chi connectivity index (χ0n) is 18.1. The van der Waals surface area contributed by atoms with Gasteiger partial charge in [0.05, 0.1) is 4.90 Å². The zero-order valence-corrected chi connectivity index (χ0v) is 19.7. The minimum Gasteiger partial charge on any atom is -0.352 e. The molecule has 3 heterocycles. The minimum absolute atomic E-state index is 0.0569. The number of carbonyl (C=O) groups excluding carboxylic acids is 2. The molecule has 0 radical (unpaired) electrons. The SMILES string of the molecule is O=C(NCCC(=O)N1CCCCCC1)c1cccc(S(=O)(=O)N2CCc3sccc3C2)c1. The number of carbonyl (C=O) groups is 2. The number of likely N-dealkylation sites (tertiary alicyclic amines) is 1. The van der Waals surface area contributed by atoms with Crippen LogP contribution >= 0.6 is 11.3 Å². The van der Waals surface area contributed by atoms with Crippen LogP contribution in [0.25, 0.3) is 0 Å². The van der Waals surface area contributed by atoms with E-state index in [1.807, 2.05) is 16.3 Å². The molecule has 32 heavy (non-hydrogen) atoms. The predicted octanol–water partition coefficient (Wildman–Crippen LogP) is 3.02. The molecule has 0 aliphatic carbocycles. The van der Waals surface area contributed by atoms with Gasteiger partial charge in [-0.25, -0.2) is 8.42 Å². The number of thiophene rings is 1. The molecule has 0 unspecified atom stereocenters. The summed E-state index contributed by atoms with van der Waals surface area (Å²) in [5.41, 5.74) is 1.33. The van der Waals surface area contributed by atoms with E-state index < -0.39 is 10.0 Å². The summed E-state index contributed by atoms with van der Waals surface area (Å²) in [6, 6.07) is 8.10. The number of nitrogens with one attached hydrogen (secondary N) is 1. The van der Waals surface area contributed by atoms with Gasteiger partial charge in [-0.05, 0) is 54.5 Å². The number of benzene rings is 1.